The van der Waals surface area contributed by atoms with Gasteiger partial charge >= 0.3 is 0 Å². The van der Waals surface area contributed by atoms with Crippen LogP contribution in [0.15, 0.2) is 103 Å². The Kier molecular flexibility index (Phi) is 4.61. The summed E-state index contributed by atoms with van der Waals surface area (Å²) < 4.78 is 2.09. The summed E-state index contributed by atoms with van der Waals surface area (Å²) in [6, 6.07) is 31.2. The lowest BCUT2D eigenvalue weighted by Crippen LogP contribution is -2.38. The molecule has 0 amide bonds. The fourth-order valence-corrected chi connectivity index (χ4v) is 3.86. The quantitative estimate of drug-likeness (QED) is 0.524. The molecule has 0 bridgehead atoms. The van der Waals surface area contributed by atoms with Crippen molar-refractivity contribution >= 4 is 0 Å². The molecule has 0 aliphatic rings. The smallest absolute Gasteiger partial charge is 0.138 e. The second kappa shape index (κ2) is 7.22. The Morgan fingerprint density at radius 1 is 0.741 bits per heavy atom. The van der Waals surface area contributed by atoms with Gasteiger partial charge in [-0.1, -0.05) is 91.0 Å². The molecule has 1 unspecified atom stereocenters. The molecule has 1 N–H and O–H groups in total. The minimum absolute atomic E-state index is 0.631. The van der Waals surface area contributed by atoms with Crippen LogP contribution < -0.4 is 0 Å². The first-order chi connectivity index (χ1) is 13.2. The Hall–Kier alpha value is -3.17. The minimum atomic E-state index is -0.685. The minimum Gasteiger partial charge on any atom is -0.385 e. The van der Waals surface area contributed by atoms with Gasteiger partial charge in [0.2, 0.25) is 0 Å². The van der Waals surface area contributed by atoms with E-state index in [2.05, 4.69) is 82.3 Å². The third-order valence-corrected chi connectivity index (χ3v) is 4.98. The predicted molar refractivity (Wildman–Crippen MR) is 107 cm³/mol. The van der Waals surface area contributed by atoms with Gasteiger partial charge in [-0.3, -0.25) is 0 Å². The molecule has 0 saturated heterocycles. The zero-order valence-electron chi connectivity index (χ0n) is 15.2. The standard InChI is InChI=1S/C24H22N2O/c1-19(27)23-25-17-18-26(23)24(20-11-5-2-6-12-20,21-13-7-3-8-14-21)22-15-9-4-10-16-22/h2-19,27H,1H3. The lowest BCUT2D eigenvalue weighted by Gasteiger charge is -2.38. The van der Waals surface area contributed by atoms with Crippen LogP contribution >= 0.6 is 0 Å². The summed E-state index contributed by atoms with van der Waals surface area (Å²) in [5.74, 6) is 0.631. The van der Waals surface area contributed by atoms with Crippen molar-refractivity contribution in [2.24, 2.45) is 0 Å². The first kappa shape index (κ1) is 17.3. The maximum atomic E-state index is 10.4. The summed E-state index contributed by atoms with van der Waals surface area (Å²) in [5, 5.41) is 10.4. The molecule has 0 radical (unpaired) electrons. The van der Waals surface area contributed by atoms with Crippen LogP contribution in [0, 0.1) is 0 Å². The molecule has 1 atom stereocenters. The normalized spacial score (nSPS) is 12.7. The fraction of sp³-hybridized carbons (Fsp3) is 0.125. The number of imidazole rings is 1. The molecule has 4 rings (SSSR count). The molecule has 0 saturated carbocycles. The third kappa shape index (κ3) is 2.86. The van der Waals surface area contributed by atoms with Gasteiger partial charge in [0, 0.05) is 12.4 Å². The highest BCUT2D eigenvalue weighted by molar-refractivity contribution is 5.51. The molecule has 0 aliphatic heterocycles. The molecule has 1 heterocycles. The summed E-state index contributed by atoms with van der Waals surface area (Å²) in [7, 11) is 0. The molecule has 0 spiro atoms. The maximum Gasteiger partial charge on any atom is 0.138 e. The molecule has 4 aromatic rings. The Bertz CT molecular complexity index is 896. The van der Waals surface area contributed by atoms with Crippen LogP contribution in [-0.4, -0.2) is 14.7 Å². The van der Waals surface area contributed by atoms with Gasteiger partial charge in [0.25, 0.3) is 0 Å². The topological polar surface area (TPSA) is 38.1 Å². The Morgan fingerprint density at radius 2 is 1.15 bits per heavy atom. The highest BCUT2D eigenvalue weighted by atomic mass is 16.3. The van der Waals surface area contributed by atoms with Crippen molar-refractivity contribution in [1.29, 1.82) is 0 Å². The molecule has 3 aromatic carbocycles. The van der Waals surface area contributed by atoms with Crippen LogP contribution in [0.2, 0.25) is 0 Å². The summed E-state index contributed by atoms with van der Waals surface area (Å²) >= 11 is 0. The number of nitrogens with zero attached hydrogens (tertiary/aromatic N) is 2. The van der Waals surface area contributed by atoms with Crippen molar-refractivity contribution in [2.75, 3.05) is 0 Å². The molecular formula is C24H22N2O. The van der Waals surface area contributed by atoms with Crippen LogP contribution in [0.5, 0.6) is 0 Å². The van der Waals surface area contributed by atoms with Gasteiger partial charge in [-0.2, -0.15) is 0 Å². The molecule has 3 nitrogen and oxygen atoms in total. The van der Waals surface area contributed by atoms with Gasteiger partial charge in [-0.05, 0) is 23.6 Å². The second-order valence-electron chi connectivity index (χ2n) is 6.64. The fourth-order valence-electron chi connectivity index (χ4n) is 3.86. The Labute approximate surface area is 159 Å². The lowest BCUT2D eigenvalue weighted by atomic mass is 9.76. The summed E-state index contributed by atoms with van der Waals surface area (Å²) in [6.45, 7) is 1.75. The van der Waals surface area contributed by atoms with E-state index in [4.69, 9.17) is 0 Å². The van der Waals surface area contributed by atoms with Gasteiger partial charge < -0.3 is 9.67 Å². The monoisotopic (exact) mass is 354 g/mol. The summed E-state index contributed by atoms with van der Waals surface area (Å²) in [6.07, 6.45) is 3.02. The van der Waals surface area contributed by atoms with Crippen molar-refractivity contribution in [3.05, 3.63) is 126 Å². The van der Waals surface area contributed by atoms with Crippen LogP contribution in [-0.2, 0) is 5.54 Å². The van der Waals surface area contributed by atoms with Gasteiger partial charge in [-0.15, -0.1) is 0 Å². The summed E-state index contributed by atoms with van der Waals surface area (Å²) in [5.41, 5.74) is 2.71. The van der Waals surface area contributed by atoms with E-state index >= 15 is 0 Å². The van der Waals surface area contributed by atoms with E-state index < -0.39 is 11.6 Å². The SMILES string of the molecule is CC(O)c1nccn1C(c1ccccc1)(c1ccccc1)c1ccccc1. The Balaban J connectivity index is 2.15. The van der Waals surface area contributed by atoms with Crippen LogP contribution in [0.1, 0.15) is 35.5 Å². The first-order valence-electron chi connectivity index (χ1n) is 9.13. The number of aromatic nitrogens is 2. The number of benzene rings is 3. The Morgan fingerprint density at radius 3 is 1.52 bits per heavy atom. The zero-order chi connectivity index (χ0) is 18.7. The maximum absolute atomic E-state index is 10.4. The van der Waals surface area contributed by atoms with Crippen molar-refractivity contribution in [1.82, 2.24) is 9.55 Å². The number of rotatable bonds is 5. The van der Waals surface area contributed by atoms with Crippen molar-refractivity contribution in [2.45, 2.75) is 18.6 Å². The molecule has 134 valence electrons. The predicted octanol–water partition coefficient (Wildman–Crippen LogP) is 4.78. The third-order valence-electron chi connectivity index (χ3n) is 4.98. The van der Waals surface area contributed by atoms with Gasteiger partial charge in [0.05, 0.1) is 0 Å². The molecule has 3 heteroatoms. The van der Waals surface area contributed by atoms with Crippen LogP contribution in [0.4, 0.5) is 0 Å². The van der Waals surface area contributed by atoms with E-state index in [1.807, 2.05) is 24.4 Å². The molecule has 0 fully saturated rings. The molecule has 0 aliphatic carbocycles. The van der Waals surface area contributed by atoms with E-state index in [-0.39, 0.29) is 0 Å². The largest absolute Gasteiger partial charge is 0.385 e. The number of hydrogen-bond acceptors (Lipinski definition) is 2. The van der Waals surface area contributed by atoms with E-state index in [9.17, 15) is 5.11 Å². The van der Waals surface area contributed by atoms with Crippen molar-refractivity contribution in [3.8, 4) is 0 Å². The number of hydrogen-bond donors (Lipinski definition) is 1. The first-order valence-corrected chi connectivity index (χ1v) is 9.13. The van der Waals surface area contributed by atoms with E-state index in [1.54, 1.807) is 13.1 Å². The number of aliphatic hydroxyl groups is 1. The van der Waals surface area contributed by atoms with Crippen molar-refractivity contribution < 1.29 is 5.11 Å². The number of aliphatic hydroxyl groups excluding tert-OH is 1. The van der Waals surface area contributed by atoms with Gasteiger partial charge in [0.15, 0.2) is 0 Å². The molecular weight excluding hydrogens is 332 g/mol. The lowest BCUT2D eigenvalue weighted by molar-refractivity contribution is 0.180. The average molecular weight is 354 g/mol. The van der Waals surface area contributed by atoms with E-state index in [0.29, 0.717) is 5.82 Å². The van der Waals surface area contributed by atoms with E-state index in [0.717, 1.165) is 16.7 Å². The van der Waals surface area contributed by atoms with Crippen LogP contribution in [0.3, 0.4) is 0 Å². The molecule has 1 aromatic heterocycles. The highest BCUT2D eigenvalue weighted by Crippen LogP contribution is 2.42. The van der Waals surface area contributed by atoms with E-state index in [1.165, 1.54) is 0 Å². The van der Waals surface area contributed by atoms with Gasteiger partial charge in [-0.25, -0.2) is 4.98 Å². The molecule has 27 heavy (non-hydrogen) atoms. The van der Waals surface area contributed by atoms with Crippen LogP contribution in [0.25, 0.3) is 0 Å². The zero-order valence-corrected chi connectivity index (χ0v) is 15.2. The highest BCUT2D eigenvalue weighted by Gasteiger charge is 2.40. The average Bonchev–Trinajstić information content (AvgIpc) is 3.22. The van der Waals surface area contributed by atoms with Gasteiger partial charge in [0.1, 0.15) is 17.5 Å². The summed E-state index contributed by atoms with van der Waals surface area (Å²) in [4.78, 5) is 4.47. The van der Waals surface area contributed by atoms with Crippen molar-refractivity contribution in [3.63, 3.8) is 0 Å². The second-order valence-corrected chi connectivity index (χ2v) is 6.64.